The molecular formula is C78H101ClN22O18S. The van der Waals surface area contributed by atoms with Gasteiger partial charge in [-0.05, 0) is 56.7 Å². The van der Waals surface area contributed by atoms with Crippen LogP contribution in [0.15, 0.2) is 96.9 Å². The van der Waals surface area contributed by atoms with Crippen LogP contribution in [0, 0.1) is 24.7 Å². The number of ether oxygens (including phenoxy) is 9. The molecule has 0 fully saturated rings. The van der Waals surface area contributed by atoms with E-state index in [1.54, 1.807) is 88.3 Å². The molecule has 42 heteroatoms. The molecule has 1 aliphatic rings. The number of halogens is 1. The lowest BCUT2D eigenvalue weighted by Gasteiger charge is -2.24. The lowest BCUT2D eigenvalue weighted by molar-refractivity contribution is -0.121. The Morgan fingerprint density at radius 3 is 1.43 bits per heavy atom. The van der Waals surface area contributed by atoms with Gasteiger partial charge in [-0.15, -0.1) is 11.3 Å². The largest absolute Gasteiger partial charge is 0.475 e. The summed E-state index contributed by atoms with van der Waals surface area (Å²) in [4.78, 5) is 141. The summed E-state index contributed by atoms with van der Waals surface area (Å²) in [5.74, 6) is -3.52. The predicted octanol–water partition coefficient (Wildman–Crippen LogP) is 4.79. The first-order valence-corrected chi connectivity index (χ1v) is 39.6. The first-order valence-electron chi connectivity index (χ1n) is 38.4. The van der Waals surface area contributed by atoms with Gasteiger partial charge >= 0.3 is 0 Å². The number of hydrogen-bond acceptors (Lipinski definition) is 26. The fourth-order valence-corrected chi connectivity index (χ4v) is 13.1. The Hall–Kier alpha value is -11.9. The van der Waals surface area contributed by atoms with Crippen LogP contribution in [0.25, 0.3) is 0 Å². The van der Waals surface area contributed by atoms with E-state index < -0.39 is 47.4 Å². The monoisotopic (exact) mass is 1700 g/mol. The number of hydrogen-bond donors (Lipinski definition) is 11. The summed E-state index contributed by atoms with van der Waals surface area (Å²) in [6.45, 7) is 11.9. The fraction of sp³-hybridized carbons (Fsp3) is 0.436. The van der Waals surface area contributed by atoms with Gasteiger partial charge in [-0.25, -0.2) is 19.9 Å². The van der Waals surface area contributed by atoms with Crippen molar-refractivity contribution in [2.45, 2.75) is 52.5 Å². The van der Waals surface area contributed by atoms with E-state index >= 15 is 0 Å². The second kappa shape index (κ2) is 47.0. The van der Waals surface area contributed by atoms with Crippen LogP contribution in [0.4, 0.5) is 33.7 Å². The Morgan fingerprint density at radius 1 is 0.483 bits per heavy atom. The van der Waals surface area contributed by atoms with E-state index in [-0.39, 0.29) is 135 Å². The smallest absolute Gasteiger partial charge is 0.291 e. The van der Waals surface area contributed by atoms with E-state index in [1.807, 2.05) is 26.0 Å². The SMILES string of the molecule is CC(=N)N1C(=N)[C@H](CC(=O)Nc2ccc(OCCOCCOCCOCCOCCOCCOCCOCCOCCNC(=O)CCNC(=O)c3nc(NC(=O)CCNC(=O)c4cc(NC(=O)c5nc(NC(=O)CCNC(=O)c6cc(NC(=O)c7nccn7C)cn6C)cn5C)cn4C)cn3C)nc2)N=C(c2ccc(Cl)cc2)c2c1sc(C)c2C. The number of benzene rings is 1. The molecular weight excluding hydrogens is 1600 g/mol. The summed E-state index contributed by atoms with van der Waals surface area (Å²) < 4.78 is 57.5. The number of nitrogens with one attached hydrogen (secondary N) is 11. The van der Waals surface area contributed by atoms with Crippen LogP contribution < -0.4 is 57.5 Å². The van der Waals surface area contributed by atoms with E-state index in [4.69, 9.17) is 70.0 Å². The zero-order valence-corrected chi connectivity index (χ0v) is 69.5. The molecule has 0 bridgehead atoms. The molecule has 8 heterocycles. The van der Waals surface area contributed by atoms with Crippen molar-refractivity contribution in [2.75, 3.05) is 170 Å². The third-order valence-corrected chi connectivity index (χ3v) is 19.2. The summed E-state index contributed by atoms with van der Waals surface area (Å²) in [5, 5.41) is 43.2. The minimum absolute atomic E-state index is 0.00996. The molecule has 1 aromatic carbocycles. The minimum atomic E-state index is -0.879. The number of aryl methyl sites for hydroxylation is 6. The number of amidine groups is 2. The van der Waals surface area contributed by atoms with E-state index in [9.17, 15) is 43.2 Å². The standard InChI is InChI=1S/C78H101ClN22O18S/c1-49-50(2)120-78-67(49)68(52-9-11-53(79)12-10-52)91-57(69(81)101(78)51(3)80)43-65(105)88-54-13-14-66(87-44-54)119-40-39-118-38-37-117-36-35-116-34-33-115-32-31-114-30-29-113-28-27-112-26-25-111-24-22-82-62(102)15-18-86-75(108)71-94-60(47-99(71)7)92-63(103)16-19-85-74(107)59-42-56(46-98(59)6)90-77(110)72-95-61(48-100(72)8)93-64(104)17-20-84-73(106)58-41-55(45-97(58)5)89-76(109)70-83-21-23-96(70)4/h9-14,21,23,41-42,44-48,57,80-81H,15-20,22,24-40,43H2,1-8H3,(H,82,102)(H,84,106)(H,85,107)(H,86,108)(H,88,105)(H,89,109)(H,90,110)(H,92,103)(H,93,104)/t57-/m0/s1. The molecule has 11 N–H and O–H groups in total. The molecule has 8 aromatic rings. The van der Waals surface area contributed by atoms with Crippen LogP contribution in [-0.2, 0) is 92.3 Å². The van der Waals surface area contributed by atoms with Crippen molar-refractivity contribution in [1.29, 1.82) is 10.8 Å². The van der Waals surface area contributed by atoms with Gasteiger partial charge in [0.1, 0.15) is 40.7 Å². The number of carbonyl (C=O) groups excluding carboxylic acids is 9. The van der Waals surface area contributed by atoms with E-state index in [0.29, 0.717) is 127 Å². The van der Waals surface area contributed by atoms with Crippen molar-refractivity contribution in [3.63, 3.8) is 0 Å². The molecule has 0 unspecified atom stereocenters. The molecule has 1 atom stereocenters. The van der Waals surface area contributed by atoms with Crippen LogP contribution in [0.3, 0.4) is 0 Å². The van der Waals surface area contributed by atoms with Gasteiger partial charge < -0.3 is 113 Å². The van der Waals surface area contributed by atoms with Crippen LogP contribution in [-0.4, -0.2) is 258 Å². The Bertz CT molecular complexity index is 4880. The van der Waals surface area contributed by atoms with Crippen molar-refractivity contribution < 1.29 is 85.8 Å². The van der Waals surface area contributed by atoms with Crippen molar-refractivity contribution in [3.8, 4) is 5.88 Å². The van der Waals surface area contributed by atoms with E-state index in [0.717, 1.165) is 26.6 Å². The van der Waals surface area contributed by atoms with Gasteiger partial charge in [-0.2, -0.15) is 0 Å². The molecule has 9 rings (SSSR count). The lowest BCUT2D eigenvalue weighted by atomic mass is 9.99. The van der Waals surface area contributed by atoms with Gasteiger partial charge in [0.05, 0.1) is 141 Å². The third kappa shape index (κ3) is 28.4. The molecule has 644 valence electrons. The van der Waals surface area contributed by atoms with Crippen molar-refractivity contribution in [2.24, 2.45) is 40.2 Å². The highest BCUT2D eigenvalue weighted by Crippen LogP contribution is 2.40. The fourth-order valence-electron chi connectivity index (χ4n) is 11.7. The number of aliphatic imine (C=N–C) groups is 1. The lowest BCUT2D eigenvalue weighted by Crippen LogP contribution is -2.41. The van der Waals surface area contributed by atoms with Gasteiger partial charge in [0.15, 0.2) is 17.5 Å². The van der Waals surface area contributed by atoms with Crippen LogP contribution in [0.2, 0.25) is 5.02 Å². The quantitative estimate of drug-likeness (QED) is 0.0139. The van der Waals surface area contributed by atoms with Gasteiger partial charge in [-0.3, -0.25) is 63.9 Å². The number of carbonyl (C=O) groups is 9. The molecule has 1 aliphatic heterocycles. The van der Waals surface area contributed by atoms with E-state index in [1.165, 1.54) is 72.7 Å². The normalized spacial score (nSPS) is 12.4. The third-order valence-electron chi connectivity index (χ3n) is 17.8. The summed E-state index contributed by atoms with van der Waals surface area (Å²) in [6.07, 6.45) is 10.1. The molecule has 9 amide bonds. The molecule has 0 saturated heterocycles. The Balaban J connectivity index is 0.504. The predicted molar refractivity (Wildman–Crippen MR) is 445 cm³/mol. The first-order chi connectivity index (χ1) is 57.8. The molecule has 7 aromatic heterocycles. The molecule has 0 aliphatic carbocycles. The first kappa shape index (κ1) is 92.0. The average molecular weight is 1700 g/mol. The average Bonchev–Trinajstić information content (AvgIpc) is 1.60. The maximum Gasteiger partial charge on any atom is 0.291 e. The Labute approximate surface area is 700 Å². The van der Waals surface area contributed by atoms with Crippen LogP contribution in [0.5, 0.6) is 5.88 Å². The summed E-state index contributed by atoms with van der Waals surface area (Å²) in [6, 6.07) is 12.7. The van der Waals surface area contributed by atoms with Crippen molar-refractivity contribution in [1.82, 2.24) is 64.0 Å². The molecule has 120 heavy (non-hydrogen) atoms. The molecule has 0 radical (unpaired) electrons. The number of nitrogens with zero attached hydrogens (tertiary/aromatic N) is 11. The number of rotatable bonds is 50. The van der Waals surface area contributed by atoms with Crippen LogP contribution in [0.1, 0.15) is 107 Å². The maximum atomic E-state index is 13.4. The van der Waals surface area contributed by atoms with Gasteiger partial charge in [-0.1, -0.05) is 23.7 Å². The Kier molecular flexibility index (Phi) is 36.0. The van der Waals surface area contributed by atoms with Crippen LogP contribution >= 0.6 is 22.9 Å². The second-order valence-corrected chi connectivity index (χ2v) is 28.6. The van der Waals surface area contributed by atoms with E-state index in [2.05, 4.69) is 67.8 Å². The maximum absolute atomic E-state index is 13.4. The highest BCUT2D eigenvalue weighted by atomic mass is 35.5. The summed E-state index contributed by atoms with van der Waals surface area (Å²) >= 11 is 7.71. The van der Waals surface area contributed by atoms with Gasteiger partial charge in [0.25, 0.3) is 29.5 Å². The van der Waals surface area contributed by atoms with Gasteiger partial charge in [0, 0.05) is 145 Å². The van der Waals surface area contributed by atoms with Crippen molar-refractivity contribution >= 4 is 127 Å². The molecule has 40 nitrogen and oxygen atoms in total. The zero-order chi connectivity index (χ0) is 86.0. The number of fused-ring (bicyclic) bond motifs is 1. The number of pyridine rings is 1. The Morgan fingerprint density at radius 2 is 0.950 bits per heavy atom. The van der Waals surface area contributed by atoms with Crippen molar-refractivity contribution in [3.05, 3.63) is 147 Å². The molecule has 0 saturated carbocycles. The number of aromatic nitrogens is 9. The second-order valence-electron chi connectivity index (χ2n) is 27.0. The molecule has 0 spiro atoms. The number of thiophene rings is 1. The summed E-state index contributed by atoms with van der Waals surface area (Å²) in [5.41, 5.74) is 4.74. The van der Waals surface area contributed by atoms with Gasteiger partial charge in [0.2, 0.25) is 41.2 Å². The number of anilines is 6. The minimum Gasteiger partial charge on any atom is -0.475 e. The highest BCUT2D eigenvalue weighted by molar-refractivity contribution is 7.17. The number of amides is 9. The highest BCUT2D eigenvalue weighted by Gasteiger charge is 2.35. The zero-order valence-electron chi connectivity index (χ0n) is 68.0. The number of imidazole rings is 3. The topological polar surface area (TPSA) is 484 Å². The summed E-state index contributed by atoms with van der Waals surface area (Å²) in [7, 11) is 8.03.